The van der Waals surface area contributed by atoms with Crippen LogP contribution in [0, 0.1) is 0 Å². The summed E-state index contributed by atoms with van der Waals surface area (Å²) in [5.41, 5.74) is -0.938. The zero-order chi connectivity index (χ0) is 10.0. The quantitative estimate of drug-likeness (QED) is 0.775. The molecular formula is C7H5Cl2F2NO. The van der Waals surface area contributed by atoms with Crippen molar-refractivity contribution in [1.29, 1.82) is 0 Å². The van der Waals surface area contributed by atoms with Crippen molar-refractivity contribution in [1.82, 2.24) is 4.98 Å². The van der Waals surface area contributed by atoms with E-state index in [1.165, 1.54) is 0 Å². The molecule has 2 nitrogen and oxygen atoms in total. The van der Waals surface area contributed by atoms with Gasteiger partial charge in [0.05, 0.1) is 5.88 Å². The van der Waals surface area contributed by atoms with Gasteiger partial charge < -0.3 is 4.98 Å². The number of rotatable bonds is 2. The van der Waals surface area contributed by atoms with Crippen LogP contribution in [-0.2, 0) is 5.88 Å². The third-order valence-corrected chi connectivity index (χ3v) is 2.03. The standard InChI is InChI=1S/C7H5Cl2F2NO/c8-2-5-3(6(10)11)1-4(9)7(13)12-5/h1,6H,2H2,(H,12,13). The summed E-state index contributed by atoms with van der Waals surface area (Å²) in [6.45, 7) is 0. The molecule has 1 heterocycles. The Hall–Kier alpha value is -0.610. The van der Waals surface area contributed by atoms with Crippen molar-refractivity contribution in [3.8, 4) is 0 Å². The van der Waals surface area contributed by atoms with Crippen molar-refractivity contribution >= 4 is 23.2 Å². The van der Waals surface area contributed by atoms with Crippen molar-refractivity contribution in [3.05, 3.63) is 32.7 Å². The third-order valence-electron chi connectivity index (χ3n) is 1.48. The summed E-state index contributed by atoms with van der Waals surface area (Å²) < 4.78 is 24.6. The summed E-state index contributed by atoms with van der Waals surface area (Å²) in [5.74, 6) is -0.175. The molecule has 0 atom stereocenters. The molecule has 6 heteroatoms. The van der Waals surface area contributed by atoms with E-state index >= 15 is 0 Å². The third kappa shape index (κ3) is 2.19. The van der Waals surface area contributed by atoms with Gasteiger partial charge >= 0.3 is 0 Å². The highest BCUT2D eigenvalue weighted by molar-refractivity contribution is 6.30. The first-order valence-corrected chi connectivity index (χ1v) is 4.23. The van der Waals surface area contributed by atoms with Gasteiger partial charge in [0, 0.05) is 11.3 Å². The van der Waals surface area contributed by atoms with Crippen molar-refractivity contribution < 1.29 is 8.78 Å². The van der Waals surface area contributed by atoms with Gasteiger partial charge in [-0.05, 0) is 6.07 Å². The maximum absolute atomic E-state index is 12.3. The van der Waals surface area contributed by atoms with E-state index in [4.69, 9.17) is 23.2 Å². The van der Waals surface area contributed by atoms with Gasteiger partial charge in [0.25, 0.3) is 12.0 Å². The monoisotopic (exact) mass is 227 g/mol. The largest absolute Gasteiger partial charge is 0.323 e. The molecule has 0 amide bonds. The van der Waals surface area contributed by atoms with E-state index < -0.39 is 12.0 Å². The maximum atomic E-state index is 12.3. The average molecular weight is 228 g/mol. The van der Waals surface area contributed by atoms with Gasteiger partial charge in [0.15, 0.2) is 0 Å². The second kappa shape index (κ2) is 4.07. The minimum Gasteiger partial charge on any atom is -0.323 e. The van der Waals surface area contributed by atoms with Crippen molar-refractivity contribution in [3.63, 3.8) is 0 Å². The second-order valence-electron chi connectivity index (χ2n) is 2.31. The van der Waals surface area contributed by atoms with Gasteiger partial charge in [-0.3, -0.25) is 4.79 Å². The summed E-state index contributed by atoms with van der Waals surface area (Å²) in [6, 6.07) is 0.933. The maximum Gasteiger partial charge on any atom is 0.266 e. The van der Waals surface area contributed by atoms with Crippen molar-refractivity contribution in [2.24, 2.45) is 0 Å². The van der Waals surface area contributed by atoms with Crippen LogP contribution in [0.5, 0.6) is 0 Å². The Morgan fingerprint density at radius 2 is 2.15 bits per heavy atom. The lowest BCUT2D eigenvalue weighted by Crippen LogP contribution is -2.11. The molecule has 0 saturated carbocycles. The molecule has 0 aromatic carbocycles. The van der Waals surface area contributed by atoms with E-state index in [0.29, 0.717) is 0 Å². The van der Waals surface area contributed by atoms with E-state index in [1.807, 2.05) is 0 Å². The highest BCUT2D eigenvalue weighted by Gasteiger charge is 2.14. The Kier molecular flexibility index (Phi) is 3.27. The predicted molar refractivity (Wildman–Crippen MR) is 46.6 cm³/mol. The zero-order valence-corrected chi connectivity index (χ0v) is 7.79. The Morgan fingerprint density at radius 1 is 1.54 bits per heavy atom. The van der Waals surface area contributed by atoms with Crippen LogP contribution in [0.3, 0.4) is 0 Å². The van der Waals surface area contributed by atoms with Crippen LogP contribution in [0.1, 0.15) is 17.7 Å². The molecule has 0 spiro atoms. The van der Waals surface area contributed by atoms with Crippen LogP contribution in [-0.4, -0.2) is 4.98 Å². The summed E-state index contributed by atoms with van der Waals surface area (Å²) in [6.07, 6.45) is -2.69. The van der Waals surface area contributed by atoms with Crippen LogP contribution in [0.2, 0.25) is 5.02 Å². The molecule has 0 unspecified atom stereocenters. The van der Waals surface area contributed by atoms with E-state index in [1.54, 1.807) is 0 Å². The first kappa shape index (κ1) is 10.5. The molecule has 1 aromatic heterocycles. The summed E-state index contributed by atoms with van der Waals surface area (Å²) >= 11 is 10.7. The number of hydrogen-bond donors (Lipinski definition) is 1. The number of aromatic nitrogens is 1. The number of nitrogens with one attached hydrogen (secondary N) is 1. The molecule has 0 saturated heterocycles. The summed E-state index contributed by atoms with van der Waals surface area (Å²) in [5, 5.41) is -0.260. The van der Waals surface area contributed by atoms with E-state index in [0.717, 1.165) is 6.07 Å². The molecule has 1 aromatic rings. The van der Waals surface area contributed by atoms with Gasteiger partial charge in [0.2, 0.25) is 0 Å². The lowest BCUT2D eigenvalue weighted by atomic mass is 10.2. The molecule has 1 N–H and O–H groups in total. The lowest BCUT2D eigenvalue weighted by molar-refractivity contribution is 0.150. The summed E-state index contributed by atoms with van der Waals surface area (Å²) in [7, 11) is 0. The fraction of sp³-hybridized carbons (Fsp3) is 0.286. The summed E-state index contributed by atoms with van der Waals surface area (Å²) in [4.78, 5) is 13.1. The number of pyridine rings is 1. The van der Waals surface area contributed by atoms with Crippen molar-refractivity contribution in [2.75, 3.05) is 0 Å². The van der Waals surface area contributed by atoms with Gasteiger partial charge in [-0.1, -0.05) is 11.6 Å². The van der Waals surface area contributed by atoms with Gasteiger partial charge in [0.1, 0.15) is 5.02 Å². The van der Waals surface area contributed by atoms with Crippen LogP contribution in [0.25, 0.3) is 0 Å². The minimum absolute atomic E-state index is 0.00562. The minimum atomic E-state index is -2.69. The van der Waals surface area contributed by atoms with Crippen LogP contribution in [0.4, 0.5) is 8.78 Å². The molecule has 0 fully saturated rings. The molecule has 0 aliphatic heterocycles. The molecule has 0 aliphatic rings. The first-order valence-electron chi connectivity index (χ1n) is 3.32. The Bertz CT molecular complexity index is 364. The number of H-pyrrole nitrogens is 1. The number of hydrogen-bond acceptors (Lipinski definition) is 1. The average Bonchev–Trinajstić information content (AvgIpc) is 2.08. The molecule has 72 valence electrons. The highest BCUT2D eigenvalue weighted by atomic mass is 35.5. The normalized spacial score (nSPS) is 10.8. The van der Waals surface area contributed by atoms with Gasteiger partial charge in [-0.15, -0.1) is 11.6 Å². The molecule has 0 aliphatic carbocycles. The fourth-order valence-corrected chi connectivity index (χ4v) is 1.25. The first-order chi connectivity index (χ1) is 6.06. The van der Waals surface area contributed by atoms with Crippen LogP contribution >= 0.6 is 23.2 Å². The van der Waals surface area contributed by atoms with Crippen LogP contribution < -0.4 is 5.56 Å². The van der Waals surface area contributed by atoms with E-state index in [-0.39, 0.29) is 22.2 Å². The predicted octanol–water partition coefficient (Wildman–Crippen LogP) is 2.70. The second-order valence-corrected chi connectivity index (χ2v) is 2.99. The fourth-order valence-electron chi connectivity index (χ4n) is 0.863. The number of aromatic amines is 1. The lowest BCUT2D eigenvalue weighted by Gasteiger charge is -2.05. The van der Waals surface area contributed by atoms with Gasteiger partial charge in [-0.25, -0.2) is 8.78 Å². The Morgan fingerprint density at radius 3 is 2.62 bits per heavy atom. The van der Waals surface area contributed by atoms with Crippen molar-refractivity contribution in [2.45, 2.75) is 12.3 Å². The number of alkyl halides is 3. The molecule has 1 rings (SSSR count). The zero-order valence-electron chi connectivity index (χ0n) is 6.28. The number of halogens is 4. The van der Waals surface area contributed by atoms with Crippen LogP contribution in [0.15, 0.2) is 10.9 Å². The topological polar surface area (TPSA) is 32.9 Å². The molecule has 0 bridgehead atoms. The Labute approximate surface area is 82.5 Å². The smallest absolute Gasteiger partial charge is 0.266 e. The highest BCUT2D eigenvalue weighted by Crippen LogP contribution is 2.23. The van der Waals surface area contributed by atoms with E-state index in [2.05, 4.69) is 4.98 Å². The molecule has 13 heavy (non-hydrogen) atoms. The molecular weight excluding hydrogens is 223 g/mol. The Balaban J connectivity index is 3.33. The SMILES string of the molecule is O=c1[nH]c(CCl)c(C(F)F)cc1Cl. The van der Waals surface area contributed by atoms with E-state index in [9.17, 15) is 13.6 Å². The molecule has 0 radical (unpaired) electrons. The van der Waals surface area contributed by atoms with Gasteiger partial charge in [-0.2, -0.15) is 0 Å².